The monoisotopic (exact) mass is 331 g/mol. The van der Waals surface area contributed by atoms with E-state index in [-0.39, 0.29) is 17.1 Å². The average Bonchev–Trinajstić information content (AvgIpc) is 3.06. The van der Waals surface area contributed by atoms with Gasteiger partial charge in [0.1, 0.15) is 5.84 Å². The molecule has 0 bridgehead atoms. The maximum absolute atomic E-state index is 12.8. The van der Waals surface area contributed by atoms with Crippen molar-refractivity contribution in [3.8, 4) is 0 Å². The maximum Gasteiger partial charge on any atom is 0.270 e. The molecule has 1 heterocycles. The highest BCUT2D eigenvalue weighted by molar-refractivity contribution is 7.89. The Balaban J connectivity index is 2.01. The molecule has 0 saturated heterocycles. The summed E-state index contributed by atoms with van der Waals surface area (Å²) in [6.45, 7) is 0.577. The van der Waals surface area contributed by atoms with E-state index in [2.05, 4.69) is 4.99 Å². The highest BCUT2D eigenvalue weighted by Crippen LogP contribution is 2.24. The van der Waals surface area contributed by atoms with Crippen molar-refractivity contribution in [2.24, 2.45) is 4.99 Å². The molecule has 0 radical (unpaired) electrons. The van der Waals surface area contributed by atoms with E-state index in [0.29, 0.717) is 17.9 Å². The lowest BCUT2D eigenvalue weighted by Gasteiger charge is -2.20. The SMILES string of the molecule is O=[N+]([O-])c1cccc(S(=O)(=O)N2CCN=C2c2ccccc2)c1. The molecule has 118 valence electrons. The minimum absolute atomic E-state index is 0.114. The minimum Gasteiger partial charge on any atom is -0.265 e. The van der Waals surface area contributed by atoms with Crippen molar-refractivity contribution < 1.29 is 13.3 Å². The van der Waals surface area contributed by atoms with Crippen LogP contribution in [0.4, 0.5) is 5.69 Å². The fraction of sp³-hybridized carbons (Fsp3) is 0.133. The van der Waals surface area contributed by atoms with Gasteiger partial charge >= 0.3 is 0 Å². The quantitative estimate of drug-likeness (QED) is 0.633. The second-order valence-electron chi connectivity index (χ2n) is 4.90. The van der Waals surface area contributed by atoms with E-state index in [9.17, 15) is 18.5 Å². The Kier molecular flexibility index (Phi) is 3.83. The molecule has 0 spiro atoms. The first-order valence-electron chi connectivity index (χ1n) is 6.87. The second kappa shape index (κ2) is 5.81. The number of nitro groups is 1. The Hall–Kier alpha value is -2.74. The van der Waals surface area contributed by atoms with Crippen LogP contribution in [-0.2, 0) is 10.0 Å². The normalized spacial score (nSPS) is 14.6. The van der Waals surface area contributed by atoms with Gasteiger partial charge < -0.3 is 0 Å². The molecule has 0 fully saturated rings. The van der Waals surface area contributed by atoms with Gasteiger partial charge in [0.05, 0.1) is 22.9 Å². The predicted molar refractivity (Wildman–Crippen MR) is 84.8 cm³/mol. The Morgan fingerprint density at radius 3 is 2.52 bits per heavy atom. The van der Waals surface area contributed by atoms with Crippen LogP contribution in [0, 0.1) is 10.1 Å². The van der Waals surface area contributed by atoms with E-state index in [4.69, 9.17) is 0 Å². The summed E-state index contributed by atoms with van der Waals surface area (Å²) in [5, 5.41) is 10.9. The van der Waals surface area contributed by atoms with Gasteiger partial charge in [-0.1, -0.05) is 36.4 Å². The van der Waals surface area contributed by atoms with E-state index in [0.717, 1.165) is 6.07 Å². The average molecular weight is 331 g/mol. The molecule has 0 amide bonds. The van der Waals surface area contributed by atoms with Crippen LogP contribution in [0.3, 0.4) is 0 Å². The molecular formula is C15H13N3O4S. The summed E-state index contributed by atoms with van der Waals surface area (Å²) in [6, 6.07) is 14.0. The molecule has 1 aliphatic heterocycles. The van der Waals surface area contributed by atoms with E-state index in [1.807, 2.05) is 6.07 Å². The fourth-order valence-corrected chi connectivity index (χ4v) is 3.86. The number of non-ortho nitro benzene ring substituents is 1. The molecule has 0 aliphatic carbocycles. The highest BCUT2D eigenvalue weighted by Gasteiger charge is 2.32. The lowest BCUT2D eigenvalue weighted by Crippen LogP contribution is -2.34. The van der Waals surface area contributed by atoms with E-state index in [1.165, 1.54) is 22.5 Å². The maximum atomic E-state index is 12.8. The molecule has 0 N–H and O–H groups in total. The molecule has 0 aromatic heterocycles. The summed E-state index contributed by atoms with van der Waals surface area (Å²) in [7, 11) is -3.89. The molecule has 2 aromatic carbocycles. The van der Waals surface area contributed by atoms with E-state index >= 15 is 0 Å². The Morgan fingerprint density at radius 2 is 1.83 bits per heavy atom. The molecule has 0 saturated carbocycles. The third kappa shape index (κ3) is 2.80. The van der Waals surface area contributed by atoms with Gasteiger partial charge in [0.25, 0.3) is 15.7 Å². The number of benzene rings is 2. The Bertz CT molecular complexity index is 879. The van der Waals surface area contributed by atoms with Crippen LogP contribution in [0.1, 0.15) is 5.56 Å². The Labute approximate surface area is 133 Å². The third-order valence-electron chi connectivity index (χ3n) is 3.45. The van der Waals surface area contributed by atoms with Crippen molar-refractivity contribution in [3.63, 3.8) is 0 Å². The molecule has 23 heavy (non-hydrogen) atoms. The molecular weight excluding hydrogens is 318 g/mol. The molecule has 0 atom stereocenters. The zero-order chi connectivity index (χ0) is 16.4. The van der Waals surface area contributed by atoms with E-state index < -0.39 is 14.9 Å². The number of aliphatic imine (C=N–C) groups is 1. The highest BCUT2D eigenvalue weighted by atomic mass is 32.2. The van der Waals surface area contributed by atoms with Gasteiger partial charge in [-0.3, -0.25) is 15.1 Å². The summed E-state index contributed by atoms with van der Waals surface area (Å²) in [4.78, 5) is 14.4. The summed E-state index contributed by atoms with van der Waals surface area (Å²) in [6.07, 6.45) is 0. The number of hydrogen-bond acceptors (Lipinski definition) is 5. The first kappa shape index (κ1) is 15.2. The predicted octanol–water partition coefficient (Wildman–Crippen LogP) is 2.05. The number of rotatable bonds is 4. The topological polar surface area (TPSA) is 92.9 Å². The van der Waals surface area contributed by atoms with Gasteiger partial charge in [-0.2, -0.15) is 0 Å². The second-order valence-corrected chi connectivity index (χ2v) is 6.77. The van der Waals surface area contributed by atoms with Gasteiger partial charge in [0.15, 0.2) is 0 Å². The summed E-state index contributed by atoms with van der Waals surface area (Å²) in [5.74, 6) is 0.358. The molecule has 7 nitrogen and oxygen atoms in total. The van der Waals surface area contributed by atoms with Crippen LogP contribution in [0.15, 0.2) is 64.5 Å². The summed E-state index contributed by atoms with van der Waals surface area (Å²) in [5.41, 5.74) is 0.433. The Morgan fingerprint density at radius 1 is 1.09 bits per heavy atom. The van der Waals surface area contributed by atoms with Crippen LogP contribution in [0.25, 0.3) is 0 Å². The first-order valence-corrected chi connectivity index (χ1v) is 8.31. The fourth-order valence-electron chi connectivity index (χ4n) is 2.37. The number of amidine groups is 1. The molecule has 8 heteroatoms. The van der Waals surface area contributed by atoms with Crippen LogP contribution in [0.5, 0.6) is 0 Å². The largest absolute Gasteiger partial charge is 0.270 e. The summed E-state index contributed by atoms with van der Waals surface area (Å²) < 4.78 is 26.8. The van der Waals surface area contributed by atoms with Crippen LogP contribution >= 0.6 is 0 Å². The van der Waals surface area contributed by atoms with Crippen molar-refractivity contribution in [1.82, 2.24) is 4.31 Å². The van der Waals surface area contributed by atoms with Crippen LogP contribution in [-0.4, -0.2) is 36.6 Å². The lowest BCUT2D eigenvalue weighted by atomic mass is 10.2. The third-order valence-corrected chi connectivity index (χ3v) is 5.23. The van der Waals surface area contributed by atoms with Gasteiger partial charge in [0.2, 0.25) is 0 Å². The van der Waals surface area contributed by atoms with Crippen molar-refractivity contribution >= 4 is 21.5 Å². The molecule has 2 aromatic rings. The number of nitrogens with zero attached hydrogens (tertiary/aromatic N) is 3. The number of hydrogen-bond donors (Lipinski definition) is 0. The zero-order valence-corrected chi connectivity index (χ0v) is 12.8. The van der Waals surface area contributed by atoms with Crippen LogP contribution in [0.2, 0.25) is 0 Å². The molecule has 0 unspecified atom stereocenters. The van der Waals surface area contributed by atoms with Crippen molar-refractivity contribution in [2.45, 2.75) is 4.90 Å². The van der Waals surface area contributed by atoms with Crippen molar-refractivity contribution in [1.29, 1.82) is 0 Å². The number of nitro benzene ring substituents is 1. The molecule has 3 rings (SSSR count). The summed E-state index contributed by atoms with van der Waals surface area (Å²) >= 11 is 0. The standard InChI is InChI=1S/C15H13N3O4S/c19-18(20)13-7-4-8-14(11-13)23(21,22)17-10-9-16-15(17)12-5-2-1-3-6-12/h1-8,11H,9-10H2. The lowest BCUT2D eigenvalue weighted by molar-refractivity contribution is -0.385. The minimum atomic E-state index is -3.89. The van der Waals surface area contributed by atoms with Crippen molar-refractivity contribution in [3.05, 3.63) is 70.3 Å². The van der Waals surface area contributed by atoms with Crippen LogP contribution < -0.4 is 0 Å². The number of sulfonamides is 1. The smallest absolute Gasteiger partial charge is 0.265 e. The van der Waals surface area contributed by atoms with Gasteiger partial charge in [0, 0.05) is 17.7 Å². The van der Waals surface area contributed by atoms with Gasteiger partial charge in [-0.05, 0) is 6.07 Å². The first-order chi connectivity index (χ1) is 11.0. The van der Waals surface area contributed by atoms with E-state index in [1.54, 1.807) is 24.3 Å². The van der Waals surface area contributed by atoms with Gasteiger partial charge in [-0.25, -0.2) is 12.7 Å². The van der Waals surface area contributed by atoms with Crippen molar-refractivity contribution in [2.75, 3.05) is 13.1 Å². The zero-order valence-electron chi connectivity index (χ0n) is 12.0. The molecule has 1 aliphatic rings. The van der Waals surface area contributed by atoms with Gasteiger partial charge in [-0.15, -0.1) is 0 Å².